The van der Waals surface area contributed by atoms with Gasteiger partial charge >= 0.3 is 0 Å². The molecule has 0 aliphatic carbocycles. The van der Waals surface area contributed by atoms with Crippen LogP contribution in [0.5, 0.6) is 0 Å². The number of nitrogens with one attached hydrogen (secondary N) is 2. The number of aromatic amines is 2. The van der Waals surface area contributed by atoms with Crippen molar-refractivity contribution in [2.24, 2.45) is 0 Å². The number of para-hydroxylation sites is 2. The first-order chi connectivity index (χ1) is 19.0. The predicted octanol–water partition coefficient (Wildman–Crippen LogP) is 6.11. The van der Waals surface area contributed by atoms with Crippen LogP contribution in [0.1, 0.15) is 34.0 Å². The molecule has 0 spiro atoms. The highest BCUT2D eigenvalue weighted by Gasteiger charge is 2.31. The monoisotopic (exact) mass is 512 g/mol. The molecule has 0 fully saturated rings. The maximum absolute atomic E-state index is 14.0. The number of aromatic nitrogens is 4. The van der Waals surface area contributed by atoms with Gasteiger partial charge in [-0.25, -0.2) is 9.36 Å². The summed E-state index contributed by atoms with van der Waals surface area (Å²) in [4.78, 5) is 28.1. The number of rotatable bonds is 6. The van der Waals surface area contributed by atoms with Gasteiger partial charge in [-0.2, -0.15) is 0 Å². The molecule has 6 heteroatoms. The fourth-order valence-electron chi connectivity index (χ4n) is 5.32. The highest BCUT2D eigenvalue weighted by molar-refractivity contribution is 5.65. The lowest BCUT2D eigenvalue weighted by atomic mass is 9.84. The van der Waals surface area contributed by atoms with E-state index in [1.165, 1.54) is 0 Å². The first-order valence-corrected chi connectivity index (χ1v) is 12.9. The number of hydrogen-bond donors (Lipinski definition) is 2. The molecule has 0 radical (unpaired) electrons. The van der Waals surface area contributed by atoms with Crippen molar-refractivity contribution >= 4 is 0 Å². The minimum Gasteiger partial charge on any atom is -0.295 e. The summed E-state index contributed by atoms with van der Waals surface area (Å²) in [5.41, 5.74) is 6.59. The summed E-state index contributed by atoms with van der Waals surface area (Å²) in [6.07, 6.45) is 0. The molecule has 0 bridgehead atoms. The fraction of sp³-hybridized carbons (Fsp3) is 0.0909. The molecule has 39 heavy (non-hydrogen) atoms. The quantitative estimate of drug-likeness (QED) is 0.283. The molecule has 4 aromatic carbocycles. The van der Waals surface area contributed by atoms with E-state index in [1.807, 2.05) is 111 Å². The molecule has 6 rings (SSSR count). The average molecular weight is 513 g/mol. The summed E-state index contributed by atoms with van der Waals surface area (Å²) in [6.45, 7) is 3.78. The van der Waals surface area contributed by atoms with E-state index in [0.29, 0.717) is 22.5 Å². The van der Waals surface area contributed by atoms with E-state index >= 15 is 0 Å². The average Bonchev–Trinajstić information content (AvgIpc) is 3.45. The normalized spacial score (nSPS) is 11.3. The second kappa shape index (κ2) is 9.99. The van der Waals surface area contributed by atoms with Crippen LogP contribution in [0, 0.1) is 13.8 Å². The molecule has 0 saturated carbocycles. The van der Waals surface area contributed by atoms with E-state index in [-0.39, 0.29) is 11.1 Å². The van der Waals surface area contributed by atoms with Gasteiger partial charge in [0.25, 0.3) is 11.1 Å². The van der Waals surface area contributed by atoms with Gasteiger partial charge in [0.2, 0.25) is 0 Å². The molecule has 0 amide bonds. The van der Waals surface area contributed by atoms with Gasteiger partial charge in [0, 0.05) is 17.3 Å². The van der Waals surface area contributed by atoms with Crippen molar-refractivity contribution in [3.8, 4) is 22.5 Å². The lowest BCUT2D eigenvalue weighted by Gasteiger charge is -2.17. The Kier molecular flexibility index (Phi) is 6.21. The zero-order valence-electron chi connectivity index (χ0n) is 21.8. The first kappa shape index (κ1) is 24.2. The highest BCUT2D eigenvalue weighted by Crippen LogP contribution is 2.34. The van der Waals surface area contributed by atoms with E-state index in [1.54, 1.807) is 9.36 Å². The molecule has 0 unspecified atom stereocenters. The third kappa shape index (κ3) is 4.36. The molecule has 0 saturated heterocycles. The van der Waals surface area contributed by atoms with Crippen molar-refractivity contribution in [2.75, 3.05) is 0 Å². The predicted molar refractivity (Wildman–Crippen MR) is 155 cm³/mol. The molecule has 2 aromatic heterocycles. The van der Waals surface area contributed by atoms with Crippen LogP contribution in [0.3, 0.4) is 0 Å². The Labute approximate surface area is 225 Å². The summed E-state index contributed by atoms with van der Waals surface area (Å²) >= 11 is 0. The van der Waals surface area contributed by atoms with E-state index < -0.39 is 5.92 Å². The van der Waals surface area contributed by atoms with Gasteiger partial charge < -0.3 is 0 Å². The molecule has 192 valence electrons. The molecular weight excluding hydrogens is 484 g/mol. The Balaban J connectivity index is 1.61. The maximum atomic E-state index is 14.0. The van der Waals surface area contributed by atoms with Crippen LogP contribution < -0.4 is 11.1 Å². The van der Waals surface area contributed by atoms with Gasteiger partial charge in [-0.3, -0.25) is 19.8 Å². The van der Waals surface area contributed by atoms with E-state index in [9.17, 15) is 9.59 Å². The standard InChI is InChI=1S/C33H28N4O2/c1-22-29(32(38)36(34-22)27-17-8-4-9-18-27)31(26-16-12-15-25(21-26)24-13-6-3-7-14-24)30-23(2)35-37(33(30)39)28-19-10-5-11-20-28/h3-21,31,34-35H,1-2H3. The lowest BCUT2D eigenvalue weighted by molar-refractivity contribution is 0.830. The SMILES string of the molecule is Cc1[nH]n(-c2ccccc2)c(=O)c1C(c1cccc(-c2ccccc2)c1)c1c(C)[nH]n(-c2ccccc2)c1=O. The minimum atomic E-state index is -0.587. The fourth-order valence-corrected chi connectivity index (χ4v) is 5.32. The second-order valence-corrected chi connectivity index (χ2v) is 9.68. The zero-order chi connectivity index (χ0) is 26.9. The van der Waals surface area contributed by atoms with Gasteiger partial charge in [-0.1, -0.05) is 91.0 Å². The molecule has 0 aliphatic rings. The third-order valence-electron chi connectivity index (χ3n) is 7.17. The molecule has 0 atom stereocenters. The van der Waals surface area contributed by atoms with Gasteiger partial charge in [0.05, 0.1) is 22.5 Å². The molecule has 6 nitrogen and oxygen atoms in total. The van der Waals surface area contributed by atoms with Gasteiger partial charge in [-0.15, -0.1) is 0 Å². The van der Waals surface area contributed by atoms with Crippen molar-refractivity contribution in [3.05, 3.63) is 164 Å². The molecule has 2 N–H and O–H groups in total. The van der Waals surface area contributed by atoms with Gasteiger partial charge in [-0.05, 0) is 54.8 Å². The topological polar surface area (TPSA) is 75.6 Å². The van der Waals surface area contributed by atoms with Crippen LogP contribution in [0.25, 0.3) is 22.5 Å². The van der Waals surface area contributed by atoms with Crippen LogP contribution in [0.15, 0.2) is 125 Å². The van der Waals surface area contributed by atoms with Gasteiger partial charge in [0.15, 0.2) is 0 Å². The van der Waals surface area contributed by atoms with Crippen molar-refractivity contribution in [1.29, 1.82) is 0 Å². The first-order valence-electron chi connectivity index (χ1n) is 12.9. The van der Waals surface area contributed by atoms with Gasteiger partial charge in [0.1, 0.15) is 0 Å². The number of aryl methyl sites for hydroxylation is 2. The van der Waals surface area contributed by atoms with Crippen LogP contribution >= 0.6 is 0 Å². The Bertz CT molecular complexity index is 1760. The van der Waals surface area contributed by atoms with E-state index in [4.69, 9.17) is 0 Å². The van der Waals surface area contributed by atoms with Crippen molar-refractivity contribution in [2.45, 2.75) is 19.8 Å². The van der Waals surface area contributed by atoms with Crippen molar-refractivity contribution < 1.29 is 0 Å². The summed E-state index contributed by atoms with van der Waals surface area (Å²) in [7, 11) is 0. The maximum Gasteiger partial charge on any atom is 0.275 e. The summed E-state index contributed by atoms with van der Waals surface area (Å²) in [6, 6.07) is 37.2. The van der Waals surface area contributed by atoms with E-state index in [0.717, 1.165) is 28.1 Å². The smallest absolute Gasteiger partial charge is 0.275 e. The lowest BCUT2D eigenvalue weighted by Crippen LogP contribution is -2.25. The second-order valence-electron chi connectivity index (χ2n) is 9.68. The summed E-state index contributed by atoms with van der Waals surface area (Å²) < 4.78 is 3.10. The third-order valence-corrected chi connectivity index (χ3v) is 7.17. The number of hydrogen-bond acceptors (Lipinski definition) is 2. The summed E-state index contributed by atoms with van der Waals surface area (Å²) in [5, 5.41) is 6.52. The van der Waals surface area contributed by atoms with Crippen LogP contribution in [-0.2, 0) is 0 Å². The Morgan fingerprint density at radius 1 is 0.538 bits per heavy atom. The van der Waals surface area contributed by atoms with Crippen LogP contribution in [-0.4, -0.2) is 19.6 Å². The Morgan fingerprint density at radius 2 is 0.974 bits per heavy atom. The molecule has 2 heterocycles. The van der Waals surface area contributed by atoms with Crippen molar-refractivity contribution in [3.63, 3.8) is 0 Å². The highest BCUT2D eigenvalue weighted by atomic mass is 16.1. The largest absolute Gasteiger partial charge is 0.295 e. The van der Waals surface area contributed by atoms with Crippen LogP contribution in [0.2, 0.25) is 0 Å². The van der Waals surface area contributed by atoms with Crippen LogP contribution in [0.4, 0.5) is 0 Å². The molecule has 6 aromatic rings. The number of benzene rings is 4. The minimum absolute atomic E-state index is 0.180. The number of H-pyrrole nitrogens is 2. The molecular formula is C33H28N4O2. The van der Waals surface area contributed by atoms with Crippen molar-refractivity contribution in [1.82, 2.24) is 19.6 Å². The Hall–Kier alpha value is -5.10. The number of nitrogens with zero attached hydrogens (tertiary/aromatic N) is 2. The summed E-state index contributed by atoms with van der Waals surface area (Å²) in [5.74, 6) is -0.587. The zero-order valence-corrected chi connectivity index (χ0v) is 21.8. The molecule has 0 aliphatic heterocycles. The Morgan fingerprint density at radius 3 is 1.46 bits per heavy atom. The van der Waals surface area contributed by atoms with E-state index in [2.05, 4.69) is 28.4 Å².